The van der Waals surface area contributed by atoms with Gasteiger partial charge in [-0.3, -0.25) is 53.3 Å². The molecule has 2 aliphatic heterocycles. The van der Waals surface area contributed by atoms with Crippen molar-refractivity contribution in [2.75, 3.05) is 38.2 Å². The molecule has 1 aliphatic carbocycles. The lowest BCUT2D eigenvalue weighted by atomic mass is 9.74. The molecule has 26 heteroatoms. The van der Waals surface area contributed by atoms with Crippen molar-refractivity contribution in [3.63, 3.8) is 0 Å². The Bertz CT molecular complexity index is 2710. The molecule has 430 valence electrons. The molecule has 1 saturated carbocycles. The van der Waals surface area contributed by atoms with Crippen LogP contribution in [0.1, 0.15) is 107 Å². The van der Waals surface area contributed by atoms with Gasteiger partial charge < -0.3 is 63.6 Å². The van der Waals surface area contributed by atoms with E-state index in [9.17, 15) is 53.0 Å². The molecule has 6 rings (SSSR count). The van der Waals surface area contributed by atoms with Crippen LogP contribution >= 0.6 is 0 Å². The Labute approximate surface area is 461 Å². The molecule has 7 atom stereocenters. The highest BCUT2D eigenvalue weighted by Gasteiger charge is 2.38. The number of rotatable bonds is 23. The largest absolute Gasteiger partial charge is 0.508 e. The summed E-state index contributed by atoms with van der Waals surface area (Å²) in [7, 11) is 0. The molecule has 3 aromatic rings. The van der Waals surface area contributed by atoms with E-state index in [1.54, 1.807) is 24.5 Å². The number of alkyl halides is 1. The number of halogens is 1. The normalized spacial score (nSPS) is 22.0. The number of guanidine groups is 1. The maximum absolute atomic E-state index is 14.1. The van der Waals surface area contributed by atoms with Crippen molar-refractivity contribution < 1.29 is 57.7 Å². The first-order valence-electron chi connectivity index (χ1n) is 26.9. The van der Waals surface area contributed by atoms with Gasteiger partial charge in [0, 0.05) is 50.4 Å². The van der Waals surface area contributed by atoms with Gasteiger partial charge in [0.1, 0.15) is 36.6 Å². The zero-order valence-corrected chi connectivity index (χ0v) is 44.4. The van der Waals surface area contributed by atoms with Crippen LogP contribution in [0.2, 0.25) is 0 Å². The lowest BCUT2D eigenvalue weighted by Gasteiger charge is -2.34. The van der Waals surface area contributed by atoms with Crippen LogP contribution in [0.3, 0.4) is 0 Å². The molecule has 0 unspecified atom stereocenters. The van der Waals surface area contributed by atoms with Gasteiger partial charge in [0.25, 0.3) is 0 Å². The molecular weight excluding hydrogens is 1040 g/mol. The fraction of sp³-hybridized carbons (Fsp3) is 0.500. The second-order valence-electron chi connectivity index (χ2n) is 19.7. The van der Waals surface area contributed by atoms with Gasteiger partial charge in [0.05, 0.1) is 60.4 Å². The van der Waals surface area contributed by atoms with E-state index < -0.39 is 79.3 Å². The third-order valence-electron chi connectivity index (χ3n) is 13.7. The van der Waals surface area contributed by atoms with Gasteiger partial charge in [0.15, 0.2) is 5.96 Å². The predicted octanol–water partition coefficient (Wildman–Crippen LogP) is 1.18. The zero-order valence-electron chi connectivity index (χ0n) is 44.4. The molecule has 80 heavy (non-hydrogen) atoms. The van der Waals surface area contributed by atoms with E-state index in [1.165, 1.54) is 24.3 Å². The number of nitrogens with two attached hydrogens (primary N) is 2. The van der Waals surface area contributed by atoms with Crippen LogP contribution in [-0.4, -0.2) is 148 Å². The number of phenols is 1. The number of pyridine rings is 2. The Morgan fingerprint density at radius 3 is 2.09 bits per heavy atom. The number of benzene rings is 1. The smallest absolute Gasteiger partial charge is 0.305 e. The average Bonchev–Trinajstić information content (AvgIpc) is 3.42. The first-order chi connectivity index (χ1) is 38.6. The molecule has 7 amide bonds. The number of unbranched alkanes of at least 4 members (excludes halogenated alkanes) is 1. The lowest BCUT2D eigenvalue weighted by Crippen LogP contribution is -2.58. The first kappa shape index (κ1) is 60.8. The molecule has 4 heterocycles. The van der Waals surface area contributed by atoms with Gasteiger partial charge in [0.2, 0.25) is 41.4 Å². The number of carbonyl (C=O) groups excluding carboxylic acids is 7. The van der Waals surface area contributed by atoms with E-state index in [-0.39, 0.29) is 113 Å². The minimum Gasteiger partial charge on any atom is -0.508 e. The van der Waals surface area contributed by atoms with Crippen LogP contribution in [0.15, 0.2) is 82.2 Å². The van der Waals surface area contributed by atoms with Crippen LogP contribution < -0.4 is 48.7 Å². The van der Waals surface area contributed by atoms with Crippen LogP contribution in [0.4, 0.5) is 10.1 Å². The number of fused-ring (bicyclic) bond motifs is 1. The quantitative estimate of drug-likeness (QED) is 0.0361. The van der Waals surface area contributed by atoms with E-state index in [4.69, 9.17) is 16.2 Å². The number of aliphatic carboxylic acids is 1. The third-order valence-corrected chi connectivity index (χ3v) is 13.7. The number of nitrogens with one attached hydrogen (secondary N) is 7. The van der Waals surface area contributed by atoms with Crippen molar-refractivity contribution in [3.8, 4) is 5.75 Å². The summed E-state index contributed by atoms with van der Waals surface area (Å²) in [6.07, 6.45) is 7.19. The summed E-state index contributed by atoms with van der Waals surface area (Å²) in [6, 6.07) is 9.27. The third kappa shape index (κ3) is 19.5. The number of anilines is 1. The highest BCUT2D eigenvalue weighted by atomic mass is 19.1. The number of nitrogens with zero attached hydrogens (tertiary/aromatic N) is 5. The Hall–Kier alpha value is -8.42. The van der Waals surface area contributed by atoms with Crippen LogP contribution in [-0.2, 0) is 49.5 Å². The first-order valence-corrected chi connectivity index (χ1v) is 26.9. The summed E-state index contributed by atoms with van der Waals surface area (Å²) < 4.78 is 18.8. The summed E-state index contributed by atoms with van der Waals surface area (Å²) in [4.78, 5) is 119. The highest BCUT2D eigenvalue weighted by molar-refractivity contribution is 6.10. The summed E-state index contributed by atoms with van der Waals surface area (Å²) in [5.41, 5.74) is 14.7. The molecule has 25 nitrogen and oxygen atoms in total. The molecule has 0 radical (unpaired) electrons. The fourth-order valence-corrected chi connectivity index (χ4v) is 9.66. The van der Waals surface area contributed by atoms with Gasteiger partial charge >= 0.3 is 5.97 Å². The Morgan fingerprint density at radius 2 is 1.40 bits per heavy atom. The average molecular weight is 1110 g/mol. The minimum atomic E-state index is -1.67. The minimum absolute atomic E-state index is 0.00792. The monoisotopic (exact) mass is 1110 g/mol. The number of aromatic nitrogens is 2. The second kappa shape index (κ2) is 31.2. The van der Waals surface area contributed by atoms with Gasteiger partial charge in [-0.15, -0.1) is 0 Å². The van der Waals surface area contributed by atoms with E-state index in [2.05, 4.69) is 62.4 Å². The van der Waals surface area contributed by atoms with Gasteiger partial charge in [-0.25, -0.2) is 4.39 Å². The molecule has 0 spiro atoms. The zero-order chi connectivity index (χ0) is 57.4. The molecule has 0 bridgehead atoms. The number of carboxylic acid groups (broad SMARTS) is 1. The van der Waals surface area contributed by atoms with Crippen molar-refractivity contribution >= 4 is 70.4 Å². The summed E-state index contributed by atoms with van der Waals surface area (Å²) in [5, 5.41) is 46.9. The molecule has 1 aromatic carbocycles. The number of carboxylic acids is 1. The number of hydrogen-bond acceptors (Lipinski definition) is 15. The van der Waals surface area contributed by atoms with Crippen molar-refractivity contribution in [1.29, 1.82) is 0 Å². The van der Waals surface area contributed by atoms with Crippen molar-refractivity contribution in [3.05, 3.63) is 83.9 Å². The van der Waals surface area contributed by atoms with Crippen LogP contribution in [0.5, 0.6) is 5.75 Å². The fourth-order valence-electron chi connectivity index (χ4n) is 9.66. The number of ether oxygens (including phenoxy) is 1. The maximum atomic E-state index is 14.1. The molecule has 1 saturated heterocycles. The molecular formula is C54H71FN14O11. The summed E-state index contributed by atoms with van der Waals surface area (Å²) in [5.74, 6) is -6.75. The topological polar surface area (TPSA) is 385 Å². The van der Waals surface area contributed by atoms with Crippen LogP contribution in [0.25, 0.3) is 0 Å². The molecule has 2 fully saturated rings. The van der Waals surface area contributed by atoms with E-state index in [0.717, 1.165) is 49.2 Å². The Morgan fingerprint density at radius 1 is 0.725 bits per heavy atom. The number of carbonyl (C=O) groups is 8. The number of aliphatic imine (C=N–C) groups is 1. The standard InChI is InChI=1S/C54H71FN14O11/c55-23-27-80-35-8-5-9-36-37(21-20-35)49(69-68-48(36)38-10-1-3-24-58-38)39-22-17-33(30-61-39)63-45(72)14-6-13-44(71)59-25-4-2-11-41-52(78)66-42(28-32-15-18-34(70)19-16-32)53(79)67-43(29-47(74)75)50(76)62-31-46(73)64-40(51(77)65-41)12-7-26-60-54(56)57/h1,3,10,15-19,22,24,30,35-37,40-43,70H,2,4-9,11-14,20-21,23,25-29,31H2,(H,59,71)(H,62,76)(H,63,72)(H,64,73)(H,65,77)(H,66,78)(H,67,79)(H,74,75)(H4,56,57,60)/t35-,36-,37-,40-,41-,42+,43-/m1/s1/i55+0. The second-order valence-corrected chi connectivity index (χ2v) is 19.7. The van der Waals surface area contributed by atoms with Gasteiger partial charge in [-0.1, -0.05) is 24.6 Å². The molecule has 13 N–H and O–H groups in total. The van der Waals surface area contributed by atoms with E-state index in [1.807, 2.05) is 18.2 Å². The van der Waals surface area contributed by atoms with Gasteiger partial charge in [-0.2, -0.15) is 10.2 Å². The number of aromatic hydroxyl groups is 1. The Kier molecular flexibility index (Phi) is 23.7. The summed E-state index contributed by atoms with van der Waals surface area (Å²) >= 11 is 0. The van der Waals surface area contributed by atoms with Crippen molar-refractivity contribution in [1.82, 2.24) is 41.9 Å². The molecule has 3 aliphatic rings. The maximum Gasteiger partial charge on any atom is 0.305 e. The van der Waals surface area contributed by atoms with Crippen LogP contribution in [0, 0.1) is 11.8 Å². The highest BCUT2D eigenvalue weighted by Crippen LogP contribution is 2.37. The van der Waals surface area contributed by atoms with Crippen molar-refractivity contribution in [2.24, 2.45) is 38.5 Å². The van der Waals surface area contributed by atoms with E-state index >= 15 is 0 Å². The van der Waals surface area contributed by atoms with Crippen molar-refractivity contribution in [2.45, 2.75) is 127 Å². The number of amides is 7. The number of phenolic OH excluding ortho intramolecular Hbond substituents is 1. The molecule has 2 aromatic heterocycles. The SMILES string of the molecule is NC(N)=NCCC[C@H]1NC(=O)CNC(=O)[C@@H](CC(=O)O)NC(=O)[C@H](Cc2ccc(O)cc2)NC(=O)[C@@H](CCCCNC(=O)CCCC(=O)Nc2ccc(C3=NN=C(c4ccccn4)[C@@H]4CCC[C@@H](OCC[19F])CC[C@@H]34)nc2)NC1=O. The predicted molar refractivity (Wildman–Crippen MR) is 291 cm³/mol. The Balaban J connectivity index is 1.03. The number of hydrogen-bond donors (Lipinski definition) is 11. The van der Waals surface area contributed by atoms with Gasteiger partial charge in [-0.05, 0) is 106 Å². The lowest BCUT2D eigenvalue weighted by molar-refractivity contribution is -0.141. The van der Waals surface area contributed by atoms with E-state index in [0.29, 0.717) is 23.4 Å². The summed E-state index contributed by atoms with van der Waals surface area (Å²) in [6.45, 7) is -0.916.